The Kier molecular flexibility index (Phi) is 9.08. The van der Waals surface area contributed by atoms with Crippen molar-refractivity contribution in [1.29, 1.82) is 0 Å². The van der Waals surface area contributed by atoms with Crippen molar-refractivity contribution in [2.45, 2.75) is 80.1 Å². The van der Waals surface area contributed by atoms with E-state index in [9.17, 15) is 0 Å². The molecule has 0 unspecified atom stereocenters. The molecule has 67 heavy (non-hydrogen) atoms. The van der Waals surface area contributed by atoms with Crippen LogP contribution < -0.4 is 9.80 Å². The number of anilines is 6. The van der Waals surface area contributed by atoms with E-state index in [2.05, 4.69) is 235 Å². The number of thiophene rings is 1. The molecule has 330 valence electrons. The molecule has 0 radical (unpaired) electrons. The van der Waals surface area contributed by atoms with Gasteiger partial charge >= 0.3 is 0 Å². The van der Waals surface area contributed by atoms with Crippen LogP contribution in [-0.2, 0) is 10.8 Å². The van der Waals surface area contributed by atoms with Crippen molar-refractivity contribution in [2.75, 3.05) is 9.80 Å². The maximum atomic E-state index is 7.28. The first kappa shape index (κ1) is 41.4. The van der Waals surface area contributed by atoms with E-state index in [4.69, 9.17) is 4.42 Å². The molecule has 0 saturated heterocycles. The molecule has 0 saturated carbocycles. The summed E-state index contributed by atoms with van der Waals surface area (Å²) in [6.45, 7) is 22.5. The maximum absolute atomic E-state index is 7.28. The lowest BCUT2D eigenvalue weighted by molar-refractivity contribution is 0.590. The number of hydrogen-bond acceptors (Lipinski definition) is 4. The highest BCUT2D eigenvalue weighted by atomic mass is 32.1. The highest BCUT2D eigenvalue weighted by Crippen LogP contribution is 2.52. The number of aryl methyl sites for hydroxylation is 4. The second kappa shape index (κ2) is 14.7. The topological polar surface area (TPSA) is 24.0 Å². The number of furan rings is 1. The fourth-order valence-corrected chi connectivity index (χ4v) is 12.1. The van der Waals surface area contributed by atoms with Crippen LogP contribution in [0.4, 0.5) is 34.1 Å². The number of fused-ring (bicyclic) bond motifs is 12. The first-order valence-corrected chi connectivity index (χ1v) is 24.4. The lowest BCUT2D eigenvalue weighted by atomic mass is 9.87. The number of aromatic nitrogens is 1. The summed E-state index contributed by atoms with van der Waals surface area (Å²) in [6.07, 6.45) is 0. The number of rotatable bonds is 6. The Balaban J connectivity index is 1.10. The third-order valence-corrected chi connectivity index (χ3v) is 15.0. The van der Waals surface area contributed by atoms with Gasteiger partial charge in [-0.2, -0.15) is 0 Å². The van der Waals surface area contributed by atoms with E-state index in [-0.39, 0.29) is 10.8 Å². The molecule has 4 aromatic heterocycles. The zero-order valence-corrected chi connectivity index (χ0v) is 40.9. The van der Waals surface area contributed by atoms with Crippen LogP contribution in [0.15, 0.2) is 156 Å². The fraction of sp³-hybridized carbons (Fsp3) is 0.194. The Bertz CT molecular complexity index is 3920. The molecule has 0 fully saturated rings. The molecule has 5 heteroatoms. The third-order valence-electron chi connectivity index (χ3n) is 13.9. The molecule has 0 amide bonds. The second-order valence-corrected chi connectivity index (χ2v) is 22.1. The summed E-state index contributed by atoms with van der Waals surface area (Å²) in [6, 6.07) is 56.9. The van der Waals surface area contributed by atoms with Crippen LogP contribution in [0, 0.1) is 27.7 Å². The molecule has 4 nitrogen and oxygen atoms in total. The van der Waals surface area contributed by atoms with Gasteiger partial charge in [0.2, 0.25) is 5.71 Å². The molecule has 12 aromatic rings. The Hall–Kier alpha value is -7.08. The average molecular weight is 890 g/mol. The maximum Gasteiger partial charge on any atom is 0.213 e. The Labute approximate surface area is 396 Å². The molecular formula is C62H55N3OS. The second-order valence-electron chi connectivity index (χ2n) is 21.1. The van der Waals surface area contributed by atoms with Gasteiger partial charge in [0, 0.05) is 66.4 Å². The summed E-state index contributed by atoms with van der Waals surface area (Å²) in [4.78, 5) is 4.83. The van der Waals surface area contributed by atoms with E-state index < -0.39 is 0 Å². The number of hydrogen-bond donors (Lipinski definition) is 0. The molecule has 0 aliphatic rings. The van der Waals surface area contributed by atoms with Gasteiger partial charge in [-0.25, -0.2) is 0 Å². The first-order chi connectivity index (χ1) is 32.1. The summed E-state index contributed by atoms with van der Waals surface area (Å²) in [5.41, 5.74) is 18.6. The Morgan fingerprint density at radius 1 is 0.433 bits per heavy atom. The van der Waals surface area contributed by atoms with Gasteiger partial charge in [-0.3, -0.25) is 4.40 Å². The highest BCUT2D eigenvalue weighted by Gasteiger charge is 2.28. The van der Waals surface area contributed by atoms with E-state index in [1.807, 2.05) is 11.3 Å². The van der Waals surface area contributed by atoms with Crippen LogP contribution in [0.25, 0.3) is 69.4 Å². The van der Waals surface area contributed by atoms with Crippen LogP contribution in [0.3, 0.4) is 0 Å². The van der Waals surface area contributed by atoms with Crippen LogP contribution >= 0.6 is 11.3 Å². The molecule has 8 aromatic carbocycles. The number of benzene rings is 8. The quantitative estimate of drug-likeness (QED) is 0.166. The SMILES string of the molecule is Cc1cc(C)cc(N(c2cccc(C(C)(C)C)c2)c2ccc3c(c2)oc2c3c3c4ccccc4cc4c5sc6cc(N(c7cc(C)cc(C)c7)c7cccc(C(C)(C)C)c7)ccc6c5n2c43)c1. The highest BCUT2D eigenvalue weighted by molar-refractivity contribution is 7.26. The fourth-order valence-electron chi connectivity index (χ4n) is 10.8. The van der Waals surface area contributed by atoms with E-state index in [0.29, 0.717) is 0 Å². The summed E-state index contributed by atoms with van der Waals surface area (Å²) >= 11 is 1.89. The smallest absolute Gasteiger partial charge is 0.213 e. The van der Waals surface area contributed by atoms with E-state index in [1.54, 1.807) is 0 Å². The van der Waals surface area contributed by atoms with Crippen LogP contribution in [0.2, 0.25) is 0 Å². The van der Waals surface area contributed by atoms with Gasteiger partial charge in [-0.1, -0.05) is 102 Å². The van der Waals surface area contributed by atoms with Crippen molar-refractivity contribution < 1.29 is 4.42 Å². The van der Waals surface area contributed by atoms with Crippen molar-refractivity contribution in [1.82, 2.24) is 4.40 Å². The summed E-state index contributed by atoms with van der Waals surface area (Å²) in [5, 5.41) is 8.53. The molecule has 0 aliphatic heterocycles. The predicted octanol–water partition coefficient (Wildman–Crippen LogP) is 18.7. The summed E-state index contributed by atoms with van der Waals surface area (Å²) < 4.78 is 12.3. The van der Waals surface area contributed by atoms with E-state index in [0.717, 1.165) is 50.8 Å². The zero-order valence-electron chi connectivity index (χ0n) is 40.1. The van der Waals surface area contributed by atoms with Crippen molar-refractivity contribution in [3.8, 4) is 0 Å². The Morgan fingerprint density at radius 2 is 0.970 bits per heavy atom. The van der Waals surface area contributed by atoms with Gasteiger partial charge in [0.15, 0.2) is 0 Å². The van der Waals surface area contributed by atoms with Gasteiger partial charge < -0.3 is 14.2 Å². The molecule has 0 spiro atoms. The van der Waals surface area contributed by atoms with E-state index >= 15 is 0 Å². The molecular weight excluding hydrogens is 835 g/mol. The van der Waals surface area contributed by atoms with Gasteiger partial charge in [-0.05, 0) is 168 Å². The van der Waals surface area contributed by atoms with Crippen LogP contribution in [0.1, 0.15) is 74.9 Å². The first-order valence-electron chi connectivity index (χ1n) is 23.6. The third kappa shape index (κ3) is 6.61. The van der Waals surface area contributed by atoms with Gasteiger partial charge in [0.25, 0.3) is 0 Å². The molecule has 0 aliphatic carbocycles. The average Bonchev–Trinajstić information content (AvgIpc) is 4.00. The van der Waals surface area contributed by atoms with Crippen LogP contribution in [0.5, 0.6) is 0 Å². The Morgan fingerprint density at radius 3 is 1.55 bits per heavy atom. The lowest BCUT2D eigenvalue weighted by Crippen LogP contribution is -2.14. The van der Waals surface area contributed by atoms with Crippen molar-refractivity contribution in [2.24, 2.45) is 0 Å². The zero-order chi connectivity index (χ0) is 46.3. The monoisotopic (exact) mass is 889 g/mol. The molecule has 4 heterocycles. The van der Waals surface area contributed by atoms with Gasteiger partial charge in [-0.15, -0.1) is 11.3 Å². The van der Waals surface area contributed by atoms with Crippen molar-refractivity contribution in [3.63, 3.8) is 0 Å². The predicted molar refractivity (Wildman–Crippen MR) is 289 cm³/mol. The molecule has 0 atom stereocenters. The van der Waals surface area contributed by atoms with Gasteiger partial charge in [0.05, 0.1) is 21.1 Å². The summed E-state index contributed by atoms with van der Waals surface area (Å²) in [7, 11) is 0. The number of nitrogens with zero attached hydrogens (tertiary/aromatic N) is 3. The van der Waals surface area contributed by atoms with Crippen molar-refractivity contribution >= 4 is 115 Å². The standard InChI is InChI=1S/C62H55N3OS/c1-36-25-37(2)28-47(27-36)63(43-18-13-16-41(32-43)61(5,6)7)45-21-23-50-53(34-45)66-60-56(50)55-49-20-12-11-15-40(49)31-52-57(55)65(60)58-51-24-22-46(35-54(51)67-59(52)58)64(48-29-38(3)26-39(4)30-48)44-19-14-17-42(33-44)62(8,9)10/h11-35H,1-10H3. The minimum Gasteiger partial charge on any atom is -0.439 e. The van der Waals surface area contributed by atoms with Gasteiger partial charge in [0.1, 0.15) is 5.58 Å². The largest absolute Gasteiger partial charge is 0.439 e. The summed E-state index contributed by atoms with van der Waals surface area (Å²) in [5.74, 6) is 0. The van der Waals surface area contributed by atoms with Crippen LogP contribution in [-0.4, -0.2) is 4.40 Å². The molecule has 12 rings (SSSR count). The lowest BCUT2D eigenvalue weighted by Gasteiger charge is -2.28. The van der Waals surface area contributed by atoms with Crippen molar-refractivity contribution in [3.05, 3.63) is 185 Å². The minimum atomic E-state index is 0.00451. The van der Waals surface area contributed by atoms with E-state index in [1.165, 1.54) is 86.1 Å². The molecule has 0 N–H and O–H groups in total. The normalized spacial score (nSPS) is 12.6. The minimum absolute atomic E-state index is 0.00451. The molecule has 0 bridgehead atoms.